The van der Waals surface area contributed by atoms with Crippen molar-refractivity contribution in [3.63, 3.8) is 0 Å². The number of aromatic nitrogens is 1. The topological polar surface area (TPSA) is 50.9 Å². The molecule has 0 aliphatic rings. The molecule has 0 aliphatic carbocycles. The SMILES string of the molecule is Cc1cc(Nc2cccc(C)c2Br)ncc1N. The first-order chi connectivity index (χ1) is 8.08. The van der Waals surface area contributed by atoms with Gasteiger partial charge < -0.3 is 11.1 Å². The number of hydrogen-bond acceptors (Lipinski definition) is 3. The van der Waals surface area contributed by atoms with Gasteiger partial charge >= 0.3 is 0 Å². The smallest absolute Gasteiger partial charge is 0.130 e. The summed E-state index contributed by atoms with van der Waals surface area (Å²) in [4.78, 5) is 4.25. The molecule has 0 amide bonds. The lowest BCUT2D eigenvalue weighted by molar-refractivity contribution is 1.27. The average molecular weight is 292 g/mol. The number of nitrogen functional groups attached to an aromatic ring is 1. The fourth-order valence-corrected chi connectivity index (χ4v) is 1.88. The Morgan fingerprint density at radius 3 is 2.71 bits per heavy atom. The molecule has 1 aromatic carbocycles. The van der Waals surface area contributed by atoms with Gasteiger partial charge in [-0.05, 0) is 53.0 Å². The third-order valence-electron chi connectivity index (χ3n) is 2.61. The highest BCUT2D eigenvalue weighted by Gasteiger charge is 2.04. The van der Waals surface area contributed by atoms with Crippen LogP contribution in [-0.4, -0.2) is 4.98 Å². The van der Waals surface area contributed by atoms with Crippen molar-refractivity contribution >= 4 is 33.1 Å². The second-order valence-corrected chi connectivity index (χ2v) is 4.78. The van der Waals surface area contributed by atoms with Crippen LogP contribution in [0.15, 0.2) is 34.9 Å². The molecule has 0 unspecified atom stereocenters. The average Bonchev–Trinajstić information content (AvgIpc) is 2.30. The van der Waals surface area contributed by atoms with E-state index in [9.17, 15) is 0 Å². The molecule has 0 radical (unpaired) electrons. The lowest BCUT2D eigenvalue weighted by Crippen LogP contribution is -1.98. The lowest BCUT2D eigenvalue weighted by atomic mass is 10.2. The second kappa shape index (κ2) is 4.75. The maximum Gasteiger partial charge on any atom is 0.130 e. The van der Waals surface area contributed by atoms with Crippen molar-refractivity contribution in [2.75, 3.05) is 11.1 Å². The number of nitrogens with zero attached hydrogens (tertiary/aromatic N) is 1. The molecular weight excluding hydrogens is 278 g/mol. The largest absolute Gasteiger partial charge is 0.397 e. The standard InChI is InChI=1S/C13H14BrN3/c1-8-4-3-5-11(13(8)14)17-12-6-9(2)10(15)7-16-12/h3-7H,15H2,1-2H3,(H,16,17). The van der Waals surface area contributed by atoms with Crippen molar-refractivity contribution < 1.29 is 0 Å². The van der Waals surface area contributed by atoms with Crippen molar-refractivity contribution in [1.29, 1.82) is 0 Å². The highest BCUT2D eigenvalue weighted by atomic mass is 79.9. The minimum Gasteiger partial charge on any atom is -0.397 e. The Morgan fingerprint density at radius 1 is 1.24 bits per heavy atom. The highest BCUT2D eigenvalue weighted by molar-refractivity contribution is 9.10. The molecule has 1 heterocycles. The minimum atomic E-state index is 0.707. The van der Waals surface area contributed by atoms with E-state index in [1.54, 1.807) is 6.20 Å². The molecule has 0 fully saturated rings. The first-order valence-corrected chi connectivity index (χ1v) is 6.11. The third kappa shape index (κ3) is 2.58. The van der Waals surface area contributed by atoms with Crippen molar-refractivity contribution in [2.45, 2.75) is 13.8 Å². The second-order valence-electron chi connectivity index (χ2n) is 3.99. The van der Waals surface area contributed by atoms with E-state index in [2.05, 4.69) is 39.2 Å². The maximum atomic E-state index is 5.74. The molecule has 2 rings (SSSR count). The summed E-state index contributed by atoms with van der Waals surface area (Å²) in [5.41, 5.74) is 9.65. The Kier molecular flexibility index (Phi) is 3.33. The maximum absolute atomic E-state index is 5.74. The molecule has 0 saturated heterocycles. The van der Waals surface area contributed by atoms with Crippen molar-refractivity contribution in [3.8, 4) is 0 Å². The number of rotatable bonds is 2. The van der Waals surface area contributed by atoms with Gasteiger partial charge in [-0.3, -0.25) is 0 Å². The van der Waals surface area contributed by atoms with Crippen LogP contribution < -0.4 is 11.1 Å². The number of nitrogens with one attached hydrogen (secondary N) is 1. The summed E-state index contributed by atoms with van der Waals surface area (Å²) < 4.78 is 1.05. The Bertz CT molecular complexity index is 552. The molecule has 0 saturated carbocycles. The van der Waals surface area contributed by atoms with Crippen molar-refractivity contribution in [1.82, 2.24) is 4.98 Å². The van der Waals surface area contributed by atoms with Crippen molar-refractivity contribution in [2.24, 2.45) is 0 Å². The van der Waals surface area contributed by atoms with Crippen LogP contribution in [0.2, 0.25) is 0 Å². The summed E-state index contributed by atoms with van der Waals surface area (Å²) in [6, 6.07) is 8.00. The molecule has 1 aromatic heterocycles. The first kappa shape index (κ1) is 11.9. The molecule has 3 N–H and O–H groups in total. The summed E-state index contributed by atoms with van der Waals surface area (Å²) in [6.07, 6.45) is 1.67. The third-order valence-corrected chi connectivity index (χ3v) is 3.66. The molecule has 0 atom stereocenters. The van der Waals surface area contributed by atoms with Crippen LogP contribution in [0.5, 0.6) is 0 Å². The monoisotopic (exact) mass is 291 g/mol. The Balaban J connectivity index is 2.31. The quantitative estimate of drug-likeness (QED) is 0.885. The van der Waals surface area contributed by atoms with E-state index in [1.807, 2.05) is 25.1 Å². The van der Waals surface area contributed by atoms with Gasteiger partial charge in [0.15, 0.2) is 0 Å². The predicted octanol–water partition coefficient (Wildman–Crippen LogP) is 3.79. The number of halogens is 1. The molecule has 0 spiro atoms. The normalized spacial score (nSPS) is 10.3. The van der Waals surface area contributed by atoms with Gasteiger partial charge in [-0.25, -0.2) is 4.98 Å². The zero-order chi connectivity index (χ0) is 12.4. The van der Waals surface area contributed by atoms with Crippen LogP contribution in [0.25, 0.3) is 0 Å². The lowest BCUT2D eigenvalue weighted by Gasteiger charge is -2.10. The number of pyridine rings is 1. The number of hydrogen-bond donors (Lipinski definition) is 2. The van der Waals surface area contributed by atoms with E-state index < -0.39 is 0 Å². The number of benzene rings is 1. The first-order valence-electron chi connectivity index (χ1n) is 5.32. The molecule has 3 nitrogen and oxygen atoms in total. The van der Waals surface area contributed by atoms with Crippen LogP contribution in [0.1, 0.15) is 11.1 Å². The fourth-order valence-electron chi connectivity index (χ4n) is 1.52. The zero-order valence-electron chi connectivity index (χ0n) is 9.79. The summed E-state index contributed by atoms with van der Waals surface area (Å²) in [6.45, 7) is 4.02. The summed E-state index contributed by atoms with van der Waals surface area (Å²) >= 11 is 3.56. The molecular formula is C13H14BrN3. The van der Waals surface area contributed by atoms with E-state index in [0.29, 0.717) is 5.69 Å². The van der Waals surface area contributed by atoms with Gasteiger partial charge in [0.2, 0.25) is 0 Å². The highest BCUT2D eigenvalue weighted by Crippen LogP contribution is 2.28. The molecule has 17 heavy (non-hydrogen) atoms. The van der Waals surface area contributed by atoms with Gasteiger partial charge in [0.05, 0.1) is 17.6 Å². The zero-order valence-corrected chi connectivity index (χ0v) is 11.4. The summed E-state index contributed by atoms with van der Waals surface area (Å²) in [5, 5.41) is 3.27. The molecule has 2 aromatic rings. The van der Waals surface area contributed by atoms with Gasteiger partial charge in [0, 0.05) is 4.47 Å². The minimum absolute atomic E-state index is 0.707. The summed E-state index contributed by atoms with van der Waals surface area (Å²) in [7, 11) is 0. The van der Waals surface area contributed by atoms with Gasteiger partial charge in [0.1, 0.15) is 5.82 Å². The van der Waals surface area contributed by atoms with E-state index in [-0.39, 0.29) is 0 Å². The molecule has 4 heteroatoms. The van der Waals surface area contributed by atoms with Crippen LogP contribution in [0.3, 0.4) is 0 Å². The predicted molar refractivity (Wildman–Crippen MR) is 75.5 cm³/mol. The molecule has 0 bridgehead atoms. The number of aryl methyl sites for hydroxylation is 2. The number of nitrogens with two attached hydrogens (primary N) is 1. The van der Waals surface area contributed by atoms with Gasteiger partial charge in [-0.2, -0.15) is 0 Å². The van der Waals surface area contributed by atoms with E-state index in [4.69, 9.17) is 5.73 Å². The van der Waals surface area contributed by atoms with Gasteiger partial charge in [0.25, 0.3) is 0 Å². The van der Waals surface area contributed by atoms with E-state index >= 15 is 0 Å². The van der Waals surface area contributed by atoms with E-state index in [1.165, 1.54) is 5.56 Å². The fraction of sp³-hybridized carbons (Fsp3) is 0.154. The Morgan fingerprint density at radius 2 is 2.00 bits per heavy atom. The number of anilines is 3. The van der Waals surface area contributed by atoms with Crippen LogP contribution in [0.4, 0.5) is 17.2 Å². The molecule has 0 aliphatic heterocycles. The Hall–Kier alpha value is -1.55. The van der Waals surface area contributed by atoms with Crippen LogP contribution >= 0.6 is 15.9 Å². The van der Waals surface area contributed by atoms with Gasteiger partial charge in [-0.15, -0.1) is 0 Å². The van der Waals surface area contributed by atoms with Crippen LogP contribution in [-0.2, 0) is 0 Å². The summed E-state index contributed by atoms with van der Waals surface area (Å²) in [5.74, 6) is 0.794. The Labute approximate surface area is 109 Å². The van der Waals surface area contributed by atoms with Crippen molar-refractivity contribution in [3.05, 3.63) is 46.1 Å². The van der Waals surface area contributed by atoms with Crippen LogP contribution in [0, 0.1) is 13.8 Å². The van der Waals surface area contributed by atoms with Gasteiger partial charge in [-0.1, -0.05) is 12.1 Å². The van der Waals surface area contributed by atoms with E-state index in [0.717, 1.165) is 21.5 Å². The molecule has 88 valence electrons.